The van der Waals surface area contributed by atoms with Gasteiger partial charge in [-0.15, -0.1) is 11.3 Å². The number of hydrogen-bond donors (Lipinski definition) is 0. The Morgan fingerprint density at radius 1 is 1.56 bits per heavy atom. The van der Waals surface area contributed by atoms with Gasteiger partial charge in [0.2, 0.25) is 0 Å². The standard InChI is InChI=1S/C4H2BrCl2NS/c5-1-2-8-3(6)4(7)9-2/h1H2. The molecule has 0 amide bonds. The van der Waals surface area contributed by atoms with Crippen molar-refractivity contribution in [1.29, 1.82) is 0 Å². The van der Waals surface area contributed by atoms with Gasteiger partial charge in [0.1, 0.15) is 9.34 Å². The number of rotatable bonds is 1. The molecular formula is C4H2BrCl2NS. The molecule has 1 aromatic heterocycles. The van der Waals surface area contributed by atoms with E-state index in [4.69, 9.17) is 23.2 Å². The highest BCUT2D eigenvalue weighted by molar-refractivity contribution is 9.08. The Morgan fingerprint density at radius 2 is 2.22 bits per heavy atom. The number of thiazole rings is 1. The van der Waals surface area contributed by atoms with Gasteiger partial charge in [0.25, 0.3) is 0 Å². The third-order valence-corrected chi connectivity index (χ3v) is 3.35. The van der Waals surface area contributed by atoms with Crippen LogP contribution in [0.1, 0.15) is 5.01 Å². The minimum absolute atomic E-state index is 0.399. The van der Waals surface area contributed by atoms with Crippen molar-refractivity contribution < 1.29 is 0 Å². The molecule has 0 aliphatic carbocycles. The summed E-state index contributed by atoms with van der Waals surface area (Å²) in [4.78, 5) is 3.93. The lowest BCUT2D eigenvalue weighted by Gasteiger charge is -1.76. The van der Waals surface area contributed by atoms with Crippen LogP contribution in [0.25, 0.3) is 0 Å². The van der Waals surface area contributed by atoms with E-state index in [1.165, 1.54) is 11.3 Å². The highest BCUT2D eigenvalue weighted by Gasteiger charge is 2.03. The molecule has 0 atom stereocenters. The summed E-state index contributed by atoms with van der Waals surface area (Å²) in [6, 6.07) is 0. The average Bonchev–Trinajstić information content (AvgIpc) is 2.13. The number of nitrogens with zero attached hydrogens (tertiary/aromatic N) is 1. The third-order valence-electron chi connectivity index (χ3n) is 0.707. The topological polar surface area (TPSA) is 12.9 Å². The molecule has 1 heterocycles. The molecule has 0 radical (unpaired) electrons. The van der Waals surface area contributed by atoms with Crippen LogP contribution in [0, 0.1) is 0 Å². The highest BCUT2D eigenvalue weighted by Crippen LogP contribution is 2.28. The van der Waals surface area contributed by atoms with E-state index in [0.717, 1.165) is 5.01 Å². The van der Waals surface area contributed by atoms with Gasteiger partial charge in [-0.2, -0.15) is 0 Å². The fraction of sp³-hybridized carbons (Fsp3) is 0.250. The van der Waals surface area contributed by atoms with Crippen LogP contribution in [-0.2, 0) is 5.33 Å². The van der Waals surface area contributed by atoms with Crippen LogP contribution in [-0.4, -0.2) is 4.98 Å². The molecule has 0 aliphatic heterocycles. The van der Waals surface area contributed by atoms with Gasteiger partial charge < -0.3 is 0 Å². The van der Waals surface area contributed by atoms with Crippen LogP contribution in [0.5, 0.6) is 0 Å². The predicted molar refractivity (Wildman–Crippen MR) is 44.8 cm³/mol. The molecule has 0 aromatic carbocycles. The monoisotopic (exact) mass is 245 g/mol. The molecule has 0 aliphatic rings. The minimum Gasteiger partial charge on any atom is -0.227 e. The zero-order valence-electron chi connectivity index (χ0n) is 4.20. The normalized spacial score (nSPS) is 10.1. The van der Waals surface area contributed by atoms with Crippen molar-refractivity contribution in [3.05, 3.63) is 14.5 Å². The second-order valence-electron chi connectivity index (χ2n) is 1.31. The number of alkyl halides is 1. The van der Waals surface area contributed by atoms with Crippen molar-refractivity contribution in [2.24, 2.45) is 0 Å². The maximum atomic E-state index is 5.61. The van der Waals surface area contributed by atoms with Crippen molar-refractivity contribution >= 4 is 50.5 Å². The molecule has 5 heteroatoms. The predicted octanol–water partition coefficient (Wildman–Crippen LogP) is 3.34. The van der Waals surface area contributed by atoms with Gasteiger partial charge in [-0.25, -0.2) is 4.98 Å². The van der Waals surface area contributed by atoms with Crippen LogP contribution in [0.2, 0.25) is 9.49 Å². The van der Waals surface area contributed by atoms with Gasteiger partial charge in [0, 0.05) is 0 Å². The largest absolute Gasteiger partial charge is 0.227 e. The zero-order chi connectivity index (χ0) is 6.85. The first kappa shape index (κ1) is 7.79. The van der Waals surface area contributed by atoms with Crippen LogP contribution >= 0.6 is 50.5 Å². The van der Waals surface area contributed by atoms with E-state index in [-0.39, 0.29) is 0 Å². The summed E-state index contributed by atoms with van der Waals surface area (Å²) in [7, 11) is 0. The molecule has 0 saturated heterocycles. The summed E-state index contributed by atoms with van der Waals surface area (Å²) in [5, 5.41) is 2.02. The van der Waals surface area contributed by atoms with Crippen LogP contribution in [0.15, 0.2) is 0 Å². The summed E-state index contributed by atoms with van der Waals surface area (Å²) < 4.78 is 0.561. The first-order valence-corrected chi connectivity index (χ1v) is 4.80. The van der Waals surface area contributed by atoms with Crippen molar-refractivity contribution in [3.8, 4) is 0 Å². The Labute approximate surface area is 75.1 Å². The maximum absolute atomic E-state index is 5.61. The maximum Gasteiger partial charge on any atom is 0.159 e. The first-order chi connectivity index (χ1) is 4.24. The fourth-order valence-electron chi connectivity index (χ4n) is 0.379. The molecule has 0 N–H and O–H groups in total. The van der Waals surface area contributed by atoms with Gasteiger partial charge >= 0.3 is 0 Å². The van der Waals surface area contributed by atoms with Gasteiger partial charge in [-0.3, -0.25) is 0 Å². The Balaban J connectivity index is 2.98. The Morgan fingerprint density at radius 3 is 2.44 bits per heavy atom. The van der Waals surface area contributed by atoms with Crippen LogP contribution in [0.4, 0.5) is 0 Å². The summed E-state index contributed by atoms with van der Waals surface area (Å²) in [6.45, 7) is 0. The Bertz CT molecular complexity index is 193. The Kier molecular flexibility index (Phi) is 2.76. The van der Waals surface area contributed by atoms with Gasteiger partial charge in [0.05, 0.1) is 5.33 Å². The first-order valence-electron chi connectivity index (χ1n) is 2.10. The lowest BCUT2D eigenvalue weighted by molar-refractivity contribution is 1.28. The second kappa shape index (κ2) is 3.19. The van der Waals surface area contributed by atoms with Crippen molar-refractivity contribution in [2.45, 2.75) is 5.33 Å². The van der Waals surface area contributed by atoms with Crippen molar-refractivity contribution in [3.63, 3.8) is 0 Å². The van der Waals surface area contributed by atoms with E-state index in [1.807, 2.05) is 0 Å². The van der Waals surface area contributed by atoms with E-state index in [0.29, 0.717) is 14.8 Å². The average molecular weight is 247 g/mol. The number of hydrogen-bond acceptors (Lipinski definition) is 2. The molecule has 0 bridgehead atoms. The quantitative estimate of drug-likeness (QED) is 0.693. The molecule has 1 aromatic rings. The third kappa shape index (κ3) is 1.80. The Hall–Kier alpha value is 0.690. The van der Waals surface area contributed by atoms with Gasteiger partial charge in [-0.1, -0.05) is 39.1 Å². The molecule has 0 saturated carbocycles. The molecular weight excluding hydrogens is 245 g/mol. The minimum atomic E-state index is 0.399. The molecule has 50 valence electrons. The summed E-state index contributed by atoms with van der Waals surface area (Å²) in [5.41, 5.74) is 0. The lowest BCUT2D eigenvalue weighted by Crippen LogP contribution is -1.69. The summed E-state index contributed by atoms with van der Waals surface area (Å²) in [6.07, 6.45) is 0. The van der Waals surface area contributed by atoms with Gasteiger partial charge in [0.15, 0.2) is 5.15 Å². The van der Waals surface area contributed by atoms with E-state index in [2.05, 4.69) is 20.9 Å². The van der Waals surface area contributed by atoms with E-state index < -0.39 is 0 Å². The van der Waals surface area contributed by atoms with Crippen LogP contribution in [0.3, 0.4) is 0 Å². The summed E-state index contributed by atoms with van der Waals surface area (Å²) in [5.74, 6) is 0. The molecule has 1 rings (SSSR count). The molecule has 1 nitrogen and oxygen atoms in total. The van der Waals surface area contributed by atoms with Crippen molar-refractivity contribution in [2.75, 3.05) is 0 Å². The number of aromatic nitrogens is 1. The fourth-order valence-corrected chi connectivity index (χ4v) is 1.95. The highest BCUT2D eigenvalue weighted by atomic mass is 79.9. The molecule has 0 spiro atoms. The lowest BCUT2D eigenvalue weighted by atomic mass is 10.8. The van der Waals surface area contributed by atoms with E-state index >= 15 is 0 Å². The molecule has 0 fully saturated rings. The smallest absolute Gasteiger partial charge is 0.159 e. The van der Waals surface area contributed by atoms with E-state index in [9.17, 15) is 0 Å². The van der Waals surface area contributed by atoms with E-state index in [1.54, 1.807) is 0 Å². The zero-order valence-corrected chi connectivity index (χ0v) is 8.11. The SMILES string of the molecule is Clc1nc(CBr)sc1Cl. The number of halogens is 3. The second-order valence-corrected chi connectivity index (χ2v) is 3.91. The van der Waals surface area contributed by atoms with Crippen molar-refractivity contribution in [1.82, 2.24) is 4.98 Å². The molecule has 9 heavy (non-hydrogen) atoms. The molecule has 0 unspecified atom stereocenters. The van der Waals surface area contributed by atoms with Crippen LogP contribution < -0.4 is 0 Å². The summed E-state index contributed by atoms with van der Waals surface area (Å²) >= 11 is 15.8. The van der Waals surface area contributed by atoms with Gasteiger partial charge in [-0.05, 0) is 0 Å².